The van der Waals surface area contributed by atoms with Crippen LogP contribution in [0.2, 0.25) is 0 Å². The molecule has 128 valence electrons. The van der Waals surface area contributed by atoms with Crippen LogP contribution in [0.4, 0.5) is 5.69 Å². The summed E-state index contributed by atoms with van der Waals surface area (Å²) in [6.07, 6.45) is 5.63. The molecule has 0 saturated carbocycles. The first-order valence-corrected chi connectivity index (χ1v) is 9.09. The summed E-state index contributed by atoms with van der Waals surface area (Å²) >= 11 is 0. The number of nitrogens with zero attached hydrogens (tertiary/aromatic N) is 3. The van der Waals surface area contributed by atoms with Crippen LogP contribution >= 0.6 is 0 Å². The van der Waals surface area contributed by atoms with Crippen molar-refractivity contribution in [2.45, 2.75) is 26.7 Å². The zero-order chi connectivity index (χ0) is 17.9. The summed E-state index contributed by atoms with van der Waals surface area (Å²) in [5.41, 5.74) is 6.33. The predicted octanol–water partition coefficient (Wildman–Crippen LogP) is 5.66. The normalized spacial score (nSPS) is 11.6. The molecule has 0 fully saturated rings. The lowest BCUT2D eigenvalue weighted by Gasteiger charge is -2.08. The zero-order valence-corrected chi connectivity index (χ0v) is 15.1. The Balaban J connectivity index is 1.81. The Hall–Kier alpha value is -3.07. The molecule has 26 heavy (non-hydrogen) atoms. The van der Waals surface area contributed by atoms with Crippen LogP contribution in [0.5, 0.6) is 0 Å². The Bertz CT molecular complexity index is 1090. The van der Waals surface area contributed by atoms with Gasteiger partial charge in [0.05, 0.1) is 28.6 Å². The Kier molecular flexibility index (Phi) is 4.44. The maximum atomic E-state index is 4.82. The molecule has 4 aromatic rings. The molecule has 0 atom stereocenters. The summed E-state index contributed by atoms with van der Waals surface area (Å²) < 4.78 is 0. The molecular formula is C23H21N3. The van der Waals surface area contributed by atoms with Gasteiger partial charge in [0.15, 0.2) is 0 Å². The van der Waals surface area contributed by atoms with E-state index in [4.69, 9.17) is 9.98 Å². The zero-order valence-electron chi connectivity index (χ0n) is 15.1. The first-order chi connectivity index (χ1) is 12.8. The Morgan fingerprint density at radius 1 is 0.808 bits per heavy atom. The quantitative estimate of drug-likeness (QED) is 0.355. The molecule has 0 radical (unpaired) electrons. The maximum Gasteiger partial charge on any atom is 0.0972 e. The SMILES string of the molecule is CCc1cccc(CC)c1N=Cc1ccc2ccc3cccnc3c2n1. The number of hydrogen-bond donors (Lipinski definition) is 0. The van der Waals surface area contributed by atoms with E-state index in [-0.39, 0.29) is 0 Å². The molecule has 0 bridgehead atoms. The number of para-hydroxylation sites is 1. The van der Waals surface area contributed by atoms with E-state index in [0.717, 1.165) is 46.0 Å². The molecule has 2 aromatic heterocycles. The van der Waals surface area contributed by atoms with Gasteiger partial charge in [0, 0.05) is 17.0 Å². The molecule has 0 amide bonds. The van der Waals surface area contributed by atoms with Crippen molar-refractivity contribution in [3.05, 3.63) is 77.6 Å². The van der Waals surface area contributed by atoms with Gasteiger partial charge in [0.2, 0.25) is 0 Å². The minimum Gasteiger partial charge on any atom is -0.254 e. The lowest BCUT2D eigenvalue weighted by atomic mass is 10.0. The summed E-state index contributed by atoms with van der Waals surface area (Å²) in [6, 6.07) is 18.7. The summed E-state index contributed by atoms with van der Waals surface area (Å²) in [5.74, 6) is 0. The van der Waals surface area contributed by atoms with Crippen molar-refractivity contribution >= 4 is 33.7 Å². The fourth-order valence-electron chi connectivity index (χ4n) is 3.32. The third-order valence-electron chi connectivity index (χ3n) is 4.74. The lowest BCUT2D eigenvalue weighted by Crippen LogP contribution is -1.92. The van der Waals surface area contributed by atoms with Crippen molar-refractivity contribution in [1.29, 1.82) is 0 Å². The van der Waals surface area contributed by atoms with Crippen LogP contribution in [0, 0.1) is 0 Å². The number of rotatable bonds is 4. The van der Waals surface area contributed by atoms with Gasteiger partial charge in [0.1, 0.15) is 0 Å². The molecule has 0 N–H and O–H groups in total. The van der Waals surface area contributed by atoms with Crippen LogP contribution < -0.4 is 0 Å². The minimum absolute atomic E-state index is 0.851. The summed E-state index contributed by atoms with van der Waals surface area (Å²) in [7, 11) is 0. The molecule has 4 rings (SSSR count). The smallest absolute Gasteiger partial charge is 0.0972 e. The number of aryl methyl sites for hydroxylation is 2. The number of aliphatic imine (C=N–C) groups is 1. The molecule has 0 spiro atoms. The summed E-state index contributed by atoms with van der Waals surface area (Å²) in [4.78, 5) is 14.1. The molecule has 2 heterocycles. The fourth-order valence-corrected chi connectivity index (χ4v) is 3.32. The molecule has 3 nitrogen and oxygen atoms in total. The van der Waals surface area contributed by atoms with E-state index in [9.17, 15) is 0 Å². The highest BCUT2D eigenvalue weighted by Gasteiger charge is 2.06. The van der Waals surface area contributed by atoms with E-state index in [1.54, 1.807) is 0 Å². The average Bonchev–Trinajstić information content (AvgIpc) is 2.71. The monoisotopic (exact) mass is 339 g/mol. The standard InChI is InChI=1S/C23H21N3/c1-3-16-7-5-8-17(4-2)21(16)25-15-20-13-12-19-11-10-18-9-6-14-24-22(18)23(19)26-20/h5-15H,3-4H2,1-2H3. The predicted molar refractivity (Wildman–Crippen MR) is 109 cm³/mol. The van der Waals surface area contributed by atoms with Crippen LogP contribution in [-0.4, -0.2) is 16.2 Å². The number of fused-ring (bicyclic) bond motifs is 3. The van der Waals surface area contributed by atoms with Gasteiger partial charge in [-0.2, -0.15) is 0 Å². The van der Waals surface area contributed by atoms with Gasteiger partial charge in [-0.25, -0.2) is 4.98 Å². The third-order valence-corrected chi connectivity index (χ3v) is 4.74. The van der Waals surface area contributed by atoms with Crippen molar-refractivity contribution in [2.75, 3.05) is 0 Å². The molecular weight excluding hydrogens is 318 g/mol. The molecule has 0 aliphatic rings. The molecule has 0 aliphatic heterocycles. The lowest BCUT2D eigenvalue weighted by molar-refractivity contribution is 1.08. The van der Waals surface area contributed by atoms with Crippen molar-refractivity contribution in [1.82, 2.24) is 9.97 Å². The molecule has 0 aliphatic carbocycles. The average molecular weight is 339 g/mol. The van der Waals surface area contributed by atoms with E-state index in [0.29, 0.717) is 0 Å². The van der Waals surface area contributed by atoms with Crippen LogP contribution in [0.15, 0.2) is 65.8 Å². The number of aromatic nitrogens is 2. The largest absolute Gasteiger partial charge is 0.254 e. The fraction of sp³-hybridized carbons (Fsp3) is 0.174. The van der Waals surface area contributed by atoms with Crippen LogP contribution in [0.3, 0.4) is 0 Å². The second kappa shape index (κ2) is 7.04. The molecule has 0 saturated heterocycles. The second-order valence-corrected chi connectivity index (χ2v) is 6.34. The first kappa shape index (κ1) is 16.4. The summed E-state index contributed by atoms with van der Waals surface area (Å²) in [5, 5.41) is 2.20. The third kappa shape index (κ3) is 2.97. The number of pyridine rings is 2. The Morgan fingerprint density at radius 3 is 2.23 bits per heavy atom. The van der Waals surface area contributed by atoms with Gasteiger partial charge in [-0.3, -0.25) is 9.98 Å². The van der Waals surface area contributed by atoms with Crippen LogP contribution in [0.1, 0.15) is 30.7 Å². The van der Waals surface area contributed by atoms with Gasteiger partial charge < -0.3 is 0 Å². The van der Waals surface area contributed by atoms with E-state index in [1.807, 2.05) is 24.5 Å². The molecule has 3 heteroatoms. The van der Waals surface area contributed by atoms with Crippen LogP contribution in [0.25, 0.3) is 21.8 Å². The topological polar surface area (TPSA) is 38.1 Å². The van der Waals surface area contributed by atoms with E-state index in [1.165, 1.54) is 11.1 Å². The molecule has 0 unspecified atom stereocenters. The second-order valence-electron chi connectivity index (χ2n) is 6.34. The van der Waals surface area contributed by atoms with Crippen LogP contribution in [-0.2, 0) is 12.8 Å². The van der Waals surface area contributed by atoms with Gasteiger partial charge in [-0.05, 0) is 36.1 Å². The van der Waals surface area contributed by atoms with Gasteiger partial charge >= 0.3 is 0 Å². The first-order valence-electron chi connectivity index (χ1n) is 9.09. The molecule has 2 aromatic carbocycles. The summed E-state index contributed by atoms with van der Waals surface area (Å²) in [6.45, 7) is 4.33. The Labute approximate surface area is 153 Å². The van der Waals surface area contributed by atoms with Crippen molar-refractivity contribution in [3.8, 4) is 0 Å². The minimum atomic E-state index is 0.851. The van der Waals surface area contributed by atoms with E-state index < -0.39 is 0 Å². The number of benzene rings is 2. The van der Waals surface area contributed by atoms with Crippen molar-refractivity contribution in [3.63, 3.8) is 0 Å². The Morgan fingerprint density at radius 2 is 1.50 bits per heavy atom. The number of hydrogen-bond acceptors (Lipinski definition) is 3. The highest BCUT2D eigenvalue weighted by Crippen LogP contribution is 2.26. The van der Waals surface area contributed by atoms with E-state index >= 15 is 0 Å². The van der Waals surface area contributed by atoms with Gasteiger partial charge in [-0.1, -0.05) is 56.3 Å². The highest BCUT2D eigenvalue weighted by molar-refractivity contribution is 6.03. The van der Waals surface area contributed by atoms with E-state index in [2.05, 4.69) is 61.3 Å². The van der Waals surface area contributed by atoms with Gasteiger partial charge in [0.25, 0.3) is 0 Å². The van der Waals surface area contributed by atoms with Crippen molar-refractivity contribution < 1.29 is 0 Å². The highest BCUT2D eigenvalue weighted by atomic mass is 14.8. The maximum absolute atomic E-state index is 4.82. The van der Waals surface area contributed by atoms with Gasteiger partial charge in [-0.15, -0.1) is 0 Å². The van der Waals surface area contributed by atoms with Crippen molar-refractivity contribution in [2.24, 2.45) is 4.99 Å².